The maximum atomic E-state index is 14.0. The predicted octanol–water partition coefficient (Wildman–Crippen LogP) is 3.64. The van der Waals surface area contributed by atoms with Crippen LogP contribution in [-0.4, -0.2) is 97.1 Å². The Labute approximate surface area is 294 Å². The first kappa shape index (κ1) is 33.8. The lowest BCUT2D eigenvalue weighted by molar-refractivity contribution is -0.129. The predicted molar refractivity (Wildman–Crippen MR) is 187 cm³/mol. The lowest BCUT2D eigenvalue weighted by Gasteiger charge is -2.63. The van der Waals surface area contributed by atoms with Gasteiger partial charge in [0.2, 0.25) is 12.7 Å². The fraction of sp³-hybridized carbons (Fsp3) is 0.487. The number of phenols is 1. The van der Waals surface area contributed by atoms with Crippen LogP contribution in [0.15, 0.2) is 30.4 Å². The molecular formula is C39H45N5O6. The number of terminal acetylenes is 1. The number of hydrogen-bond acceptors (Lipinski definition) is 10. The molecule has 0 spiro atoms. The van der Waals surface area contributed by atoms with Gasteiger partial charge in [-0.2, -0.15) is 5.26 Å². The van der Waals surface area contributed by atoms with Crippen molar-refractivity contribution in [3.05, 3.63) is 63.8 Å². The van der Waals surface area contributed by atoms with Gasteiger partial charge >= 0.3 is 0 Å². The van der Waals surface area contributed by atoms with Gasteiger partial charge in [-0.1, -0.05) is 30.7 Å². The van der Waals surface area contributed by atoms with E-state index in [4.69, 9.17) is 25.4 Å². The molecule has 2 N–H and O–H groups in total. The molecule has 11 nitrogen and oxygen atoms in total. The summed E-state index contributed by atoms with van der Waals surface area (Å²) in [6.07, 6.45) is 10.6. The van der Waals surface area contributed by atoms with Crippen LogP contribution in [0.5, 0.6) is 28.7 Å². The van der Waals surface area contributed by atoms with Crippen molar-refractivity contribution in [1.29, 1.82) is 5.26 Å². The van der Waals surface area contributed by atoms with E-state index >= 15 is 0 Å². The van der Waals surface area contributed by atoms with E-state index in [1.165, 1.54) is 0 Å². The monoisotopic (exact) mass is 679 g/mol. The number of methoxy groups -OCH3 is 1. The van der Waals surface area contributed by atoms with Crippen LogP contribution in [0, 0.1) is 37.5 Å². The summed E-state index contributed by atoms with van der Waals surface area (Å²) in [6.45, 7) is 13.2. The second-order valence-electron chi connectivity index (χ2n) is 14.3. The van der Waals surface area contributed by atoms with Gasteiger partial charge in [0.05, 0.1) is 37.3 Å². The number of phenolic OH excluding ortho intramolecular Hbond substituents is 1. The largest absolute Gasteiger partial charge is 0.504 e. The van der Waals surface area contributed by atoms with Crippen LogP contribution in [0.4, 0.5) is 0 Å². The number of carbonyl (C=O) groups excluding carboxylic acids is 1. The molecule has 1 fully saturated rings. The van der Waals surface area contributed by atoms with Gasteiger partial charge in [0, 0.05) is 47.4 Å². The van der Waals surface area contributed by atoms with Crippen LogP contribution in [0.25, 0.3) is 0 Å². The van der Waals surface area contributed by atoms with E-state index in [9.17, 15) is 15.2 Å². The molecule has 3 unspecified atom stereocenters. The number of nitrogens with one attached hydrogen (secondary N) is 1. The van der Waals surface area contributed by atoms with Gasteiger partial charge in [-0.25, -0.2) is 0 Å². The molecule has 2 aromatic rings. The number of nitrogens with zero attached hydrogens (tertiary/aromatic N) is 4. The zero-order chi connectivity index (χ0) is 35.6. The van der Waals surface area contributed by atoms with Crippen LogP contribution in [-0.2, 0) is 23.2 Å². The third-order valence-corrected chi connectivity index (χ3v) is 11.5. The standard InChI is InChI=1S/C39H45N5O6/c1-9-12-43-13-10-11-21(2)18-48-35-23(4)36-37(50-20-49-36)31-26(35)16-28-32-30-25(14-22(3)34(47-8)33(30)45)15-27(42(32)7)29(17-40)44(28)39(31,6)19-41-38(46)24(43)5/h1,10-11,14,24,27-29,32,45H,2,12-13,15-16,18-20H2,3-8H3,(H,41,46)/b11-10+/t24?,27-,28?,29?,32-,39-/m0/s1. The molecule has 11 heteroatoms. The molecule has 5 aliphatic rings. The van der Waals surface area contributed by atoms with Crippen molar-refractivity contribution < 1.29 is 28.8 Å². The van der Waals surface area contributed by atoms with Gasteiger partial charge in [0.15, 0.2) is 23.0 Å². The Morgan fingerprint density at radius 1 is 1.20 bits per heavy atom. The molecule has 262 valence electrons. The van der Waals surface area contributed by atoms with Crippen molar-refractivity contribution in [2.75, 3.05) is 47.2 Å². The number of aryl methyl sites for hydroxylation is 1. The smallest absolute Gasteiger partial charge is 0.237 e. The number of hydrogen-bond donors (Lipinski definition) is 2. The van der Waals surface area contributed by atoms with Crippen molar-refractivity contribution in [2.45, 2.75) is 76.3 Å². The van der Waals surface area contributed by atoms with Crippen LogP contribution in [0.3, 0.4) is 0 Å². The second-order valence-corrected chi connectivity index (χ2v) is 14.3. The normalized spacial score (nSPS) is 30.0. The first-order valence-electron chi connectivity index (χ1n) is 17.1. The Morgan fingerprint density at radius 2 is 1.96 bits per heavy atom. The number of nitriles is 1. The van der Waals surface area contributed by atoms with Crippen LogP contribution >= 0.6 is 0 Å². The highest BCUT2D eigenvalue weighted by atomic mass is 16.7. The van der Waals surface area contributed by atoms with Gasteiger partial charge in [-0.3, -0.25) is 19.5 Å². The quantitative estimate of drug-likeness (QED) is 0.456. The van der Waals surface area contributed by atoms with Crippen molar-refractivity contribution >= 4 is 5.91 Å². The fourth-order valence-corrected chi connectivity index (χ4v) is 9.19. The minimum Gasteiger partial charge on any atom is -0.504 e. The van der Waals surface area contributed by atoms with Crippen LogP contribution in [0.1, 0.15) is 53.3 Å². The number of benzene rings is 2. The van der Waals surface area contributed by atoms with Crippen molar-refractivity contribution in [1.82, 2.24) is 20.0 Å². The van der Waals surface area contributed by atoms with Gasteiger partial charge < -0.3 is 29.4 Å². The highest BCUT2D eigenvalue weighted by molar-refractivity contribution is 5.81. The average Bonchev–Trinajstić information content (AvgIpc) is 3.57. The summed E-state index contributed by atoms with van der Waals surface area (Å²) >= 11 is 0. The van der Waals surface area contributed by atoms with E-state index in [1.54, 1.807) is 7.11 Å². The van der Waals surface area contributed by atoms with Crippen LogP contribution < -0.4 is 24.3 Å². The molecule has 0 aliphatic carbocycles. The molecule has 50 heavy (non-hydrogen) atoms. The minimum atomic E-state index is -0.969. The Hall–Kier alpha value is -4.68. The van der Waals surface area contributed by atoms with E-state index in [2.05, 4.69) is 46.7 Å². The lowest BCUT2D eigenvalue weighted by Crippen LogP contribution is -2.73. The first-order valence-corrected chi connectivity index (χ1v) is 17.1. The highest BCUT2D eigenvalue weighted by Gasteiger charge is 2.60. The zero-order valence-electron chi connectivity index (χ0n) is 29.6. The first-order chi connectivity index (χ1) is 24.0. The maximum absolute atomic E-state index is 14.0. The maximum Gasteiger partial charge on any atom is 0.237 e. The minimum absolute atomic E-state index is 0.0432. The Kier molecular flexibility index (Phi) is 8.50. The topological polar surface area (TPSA) is 120 Å². The van der Waals surface area contributed by atoms with Crippen LogP contribution in [0.2, 0.25) is 0 Å². The summed E-state index contributed by atoms with van der Waals surface area (Å²) < 4.78 is 24.7. The summed E-state index contributed by atoms with van der Waals surface area (Å²) in [5.41, 5.74) is 5.01. The van der Waals surface area contributed by atoms with E-state index in [1.807, 2.05) is 44.9 Å². The molecule has 2 aromatic carbocycles. The summed E-state index contributed by atoms with van der Waals surface area (Å²) in [5.74, 6) is 4.94. The summed E-state index contributed by atoms with van der Waals surface area (Å²) in [5, 5.41) is 26.2. The van der Waals surface area contributed by atoms with E-state index < -0.39 is 17.6 Å². The van der Waals surface area contributed by atoms with Gasteiger partial charge in [0.25, 0.3) is 0 Å². The summed E-state index contributed by atoms with van der Waals surface area (Å²) in [7, 11) is 3.61. The Balaban J connectivity index is 1.48. The number of ether oxygens (including phenoxy) is 4. The molecule has 1 amide bonds. The average molecular weight is 680 g/mol. The Morgan fingerprint density at radius 3 is 2.68 bits per heavy atom. The number of carbonyl (C=O) groups is 1. The van der Waals surface area contributed by atoms with E-state index in [0.29, 0.717) is 42.4 Å². The lowest BCUT2D eigenvalue weighted by atomic mass is 9.68. The van der Waals surface area contributed by atoms with Crippen molar-refractivity contribution in [3.8, 4) is 47.2 Å². The molecule has 0 aromatic heterocycles. The van der Waals surface area contributed by atoms with Crippen molar-refractivity contribution in [2.24, 2.45) is 0 Å². The molecule has 7 rings (SSSR count). The number of rotatable bonds is 2. The molecular weight excluding hydrogens is 634 g/mol. The molecule has 1 saturated heterocycles. The van der Waals surface area contributed by atoms with Gasteiger partial charge in [-0.15, -0.1) is 6.42 Å². The second kappa shape index (κ2) is 12.6. The number of amides is 1. The molecule has 5 heterocycles. The third-order valence-electron chi connectivity index (χ3n) is 11.5. The van der Waals surface area contributed by atoms with E-state index in [-0.39, 0.29) is 56.3 Å². The molecule has 5 aliphatic heterocycles. The van der Waals surface area contributed by atoms with Gasteiger partial charge in [-0.05, 0) is 64.3 Å². The number of piperazine rings is 1. The fourth-order valence-electron chi connectivity index (χ4n) is 9.19. The Bertz CT molecular complexity index is 1890. The highest BCUT2D eigenvalue weighted by Crippen LogP contribution is 2.60. The molecule has 6 bridgehead atoms. The molecule has 0 saturated carbocycles. The SMILES string of the molecule is C#CCN1C/C=C/C(=C)COc2c(C)c3c(c4c2CC2[C@H]5c6c(cc(C)c(OC)c6O)C[C@@H](C(C#N)N2[C@@]4(C)CNC(=O)C1C)N5C)OCO3. The zero-order valence-corrected chi connectivity index (χ0v) is 29.6. The van der Waals surface area contributed by atoms with Crippen molar-refractivity contribution in [3.63, 3.8) is 0 Å². The van der Waals surface area contributed by atoms with E-state index in [0.717, 1.165) is 39.0 Å². The number of aromatic hydroxyl groups is 1. The van der Waals surface area contributed by atoms with Gasteiger partial charge in [0.1, 0.15) is 18.4 Å². The molecule has 6 atom stereocenters. The molecule has 0 radical (unpaired) electrons. The third kappa shape index (κ3) is 4.94. The number of likely N-dealkylation sites (N-methyl/N-ethyl adjacent to an activating group) is 1. The number of fused-ring (bicyclic) bond motifs is 8. The summed E-state index contributed by atoms with van der Waals surface area (Å²) in [6, 6.07) is 2.84. The summed E-state index contributed by atoms with van der Waals surface area (Å²) in [4.78, 5) is 20.4.